The summed E-state index contributed by atoms with van der Waals surface area (Å²) in [4.78, 5) is 22.9. The fourth-order valence-electron chi connectivity index (χ4n) is 1.67. The van der Waals surface area contributed by atoms with Gasteiger partial charge in [-0.2, -0.15) is 0 Å². The quantitative estimate of drug-likeness (QED) is 0.501. The number of benzene rings is 2. The van der Waals surface area contributed by atoms with E-state index >= 15 is 0 Å². The molecule has 1 amide bonds. The lowest BCUT2D eigenvalue weighted by Crippen LogP contribution is -2.12. The molecule has 2 aromatic carbocycles. The number of anilines is 1. The minimum absolute atomic E-state index is 0.00707. The van der Waals surface area contributed by atoms with Gasteiger partial charge in [0.15, 0.2) is 0 Å². The number of amides is 1. The molecule has 0 atom stereocenters. The summed E-state index contributed by atoms with van der Waals surface area (Å²) in [7, 11) is 0. The van der Waals surface area contributed by atoms with E-state index in [9.17, 15) is 14.9 Å². The molecular weight excluding hydrogens is 288 g/mol. The molecule has 0 radical (unpaired) electrons. The zero-order valence-corrected chi connectivity index (χ0v) is 12.0. The van der Waals surface area contributed by atoms with Crippen LogP contribution in [0.25, 0.3) is 0 Å². The molecular formula is C15H14N2O3S. The molecule has 5 nitrogen and oxygen atoms in total. The van der Waals surface area contributed by atoms with Crippen molar-refractivity contribution in [1.29, 1.82) is 0 Å². The van der Waals surface area contributed by atoms with Crippen LogP contribution in [0.5, 0.6) is 0 Å². The van der Waals surface area contributed by atoms with Crippen LogP contribution >= 0.6 is 11.8 Å². The lowest BCUT2D eigenvalue weighted by molar-refractivity contribution is -0.384. The number of nitrogens with one attached hydrogen (secondary N) is 1. The van der Waals surface area contributed by atoms with E-state index < -0.39 is 4.92 Å². The van der Waals surface area contributed by atoms with Gasteiger partial charge < -0.3 is 5.32 Å². The number of nitro groups is 1. The SMILES string of the molecule is O=C(CCSc1ccccc1)Nc1ccc([N+](=O)[O-])cc1. The van der Waals surface area contributed by atoms with Crippen LogP contribution in [0.15, 0.2) is 59.5 Å². The lowest BCUT2D eigenvalue weighted by Gasteiger charge is -2.05. The number of nitrogens with zero attached hydrogens (tertiary/aromatic N) is 1. The summed E-state index contributed by atoms with van der Waals surface area (Å²) in [6.07, 6.45) is 0.385. The van der Waals surface area contributed by atoms with Crippen LogP contribution in [0.2, 0.25) is 0 Å². The van der Waals surface area contributed by atoms with E-state index in [1.807, 2.05) is 30.3 Å². The Kier molecular flexibility index (Phi) is 5.34. The molecule has 0 bridgehead atoms. The van der Waals surface area contributed by atoms with Gasteiger partial charge in [-0.3, -0.25) is 14.9 Å². The third-order valence-electron chi connectivity index (χ3n) is 2.70. The Morgan fingerprint density at radius 3 is 2.38 bits per heavy atom. The van der Waals surface area contributed by atoms with E-state index in [1.54, 1.807) is 11.8 Å². The van der Waals surface area contributed by atoms with Gasteiger partial charge in [-0.1, -0.05) is 18.2 Å². The number of carbonyl (C=O) groups is 1. The monoisotopic (exact) mass is 302 g/mol. The summed E-state index contributed by atoms with van der Waals surface area (Å²) in [6.45, 7) is 0. The molecule has 0 aliphatic rings. The summed E-state index contributed by atoms with van der Waals surface area (Å²) >= 11 is 1.62. The molecule has 0 aromatic heterocycles. The maximum atomic E-state index is 11.8. The van der Waals surface area contributed by atoms with Crippen LogP contribution in [-0.2, 0) is 4.79 Å². The molecule has 0 fully saturated rings. The molecule has 0 aliphatic heterocycles. The van der Waals surface area contributed by atoms with Crippen LogP contribution in [0.1, 0.15) is 6.42 Å². The van der Waals surface area contributed by atoms with E-state index in [2.05, 4.69) is 5.32 Å². The fourth-order valence-corrected chi connectivity index (χ4v) is 2.54. The van der Waals surface area contributed by atoms with E-state index in [4.69, 9.17) is 0 Å². The van der Waals surface area contributed by atoms with E-state index in [-0.39, 0.29) is 11.6 Å². The number of thioether (sulfide) groups is 1. The highest BCUT2D eigenvalue weighted by molar-refractivity contribution is 7.99. The number of carbonyl (C=O) groups excluding carboxylic acids is 1. The van der Waals surface area contributed by atoms with Crippen molar-refractivity contribution in [3.05, 3.63) is 64.7 Å². The predicted octanol–water partition coefficient (Wildman–Crippen LogP) is 3.72. The maximum Gasteiger partial charge on any atom is 0.269 e. The average molecular weight is 302 g/mol. The highest BCUT2D eigenvalue weighted by atomic mass is 32.2. The van der Waals surface area contributed by atoms with Gasteiger partial charge in [0, 0.05) is 34.9 Å². The minimum atomic E-state index is -0.470. The maximum absolute atomic E-state index is 11.8. The van der Waals surface area contributed by atoms with Gasteiger partial charge in [0.05, 0.1) is 4.92 Å². The van der Waals surface area contributed by atoms with E-state index in [0.717, 1.165) is 4.90 Å². The van der Waals surface area contributed by atoms with Crippen molar-refractivity contribution in [2.24, 2.45) is 0 Å². The zero-order valence-electron chi connectivity index (χ0n) is 11.2. The zero-order chi connectivity index (χ0) is 15.1. The number of hydrogen-bond donors (Lipinski definition) is 1. The van der Waals surface area contributed by atoms with Crippen molar-refractivity contribution < 1.29 is 9.72 Å². The molecule has 0 unspecified atom stereocenters. The topological polar surface area (TPSA) is 72.2 Å². The largest absolute Gasteiger partial charge is 0.326 e. The number of rotatable bonds is 6. The molecule has 0 aliphatic carbocycles. The summed E-state index contributed by atoms with van der Waals surface area (Å²) in [5.41, 5.74) is 0.572. The molecule has 21 heavy (non-hydrogen) atoms. The van der Waals surface area contributed by atoms with Gasteiger partial charge in [0.1, 0.15) is 0 Å². The van der Waals surface area contributed by atoms with E-state index in [0.29, 0.717) is 17.9 Å². The molecule has 0 saturated carbocycles. The van der Waals surface area contributed by atoms with Crippen molar-refractivity contribution in [2.75, 3.05) is 11.1 Å². The highest BCUT2D eigenvalue weighted by Crippen LogP contribution is 2.19. The van der Waals surface area contributed by atoms with Crippen molar-refractivity contribution in [2.45, 2.75) is 11.3 Å². The average Bonchev–Trinajstić information content (AvgIpc) is 2.49. The number of hydrogen-bond acceptors (Lipinski definition) is 4. The van der Waals surface area contributed by atoms with Crippen LogP contribution in [-0.4, -0.2) is 16.6 Å². The van der Waals surface area contributed by atoms with Crippen LogP contribution in [0.4, 0.5) is 11.4 Å². The Bertz CT molecular complexity index is 615. The molecule has 0 saturated heterocycles. The second-order valence-corrected chi connectivity index (χ2v) is 5.43. The molecule has 108 valence electrons. The fraction of sp³-hybridized carbons (Fsp3) is 0.133. The Hall–Kier alpha value is -2.34. The molecule has 6 heteroatoms. The lowest BCUT2D eigenvalue weighted by atomic mass is 10.3. The van der Waals surface area contributed by atoms with Gasteiger partial charge in [-0.25, -0.2) is 0 Å². The third-order valence-corrected chi connectivity index (χ3v) is 3.72. The molecule has 1 N–H and O–H groups in total. The van der Waals surface area contributed by atoms with Gasteiger partial charge in [0.2, 0.25) is 5.91 Å². The predicted molar refractivity (Wildman–Crippen MR) is 83.5 cm³/mol. The third kappa shape index (κ3) is 4.92. The van der Waals surface area contributed by atoms with E-state index in [1.165, 1.54) is 24.3 Å². The Labute approximate surface area is 126 Å². The second kappa shape index (κ2) is 7.44. The highest BCUT2D eigenvalue weighted by Gasteiger charge is 2.06. The second-order valence-electron chi connectivity index (χ2n) is 4.26. The van der Waals surface area contributed by atoms with Gasteiger partial charge >= 0.3 is 0 Å². The normalized spacial score (nSPS) is 10.1. The smallest absolute Gasteiger partial charge is 0.269 e. The summed E-state index contributed by atoms with van der Waals surface area (Å²) in [5, 5.41) is 13.2. The number of nitro benzene ring substituents is 1. The van der Waals surface area contributed by atoms with Gasteiger partial charge in [-0.05, 0) is 24.3 Å². The van der Waals surface area contributed by atoms with Crippen LogP contribution in [0, 0.1) is 10.1 Å². The Balaban J connectivity index is 1.78. The van der Waals surface area contributed by atoms with Crippen molar-refractivity contribution in [1.82, 2.24) is 0 Å². The first-order chi connectivity index (χ1) is 10.1. The van der Waals surface area contributed by atoms with Gasteiger partial charge in [-0.15, -0.1) is 11.8 Å². The van der Waals surface area contributed by atoms with Crippen molar-refractivity contribution >= 4 is 29.0 Å². The van der Waals surface area contributed by atoms with Crippen molar-refractivity contribution in [3.63, 3.8) is 0 Å². The Morgan fingerprint density at radius 1 is 1.10 bits per heavy atom. The molecule has 0 heterocycles. The minimum Gasteiger partial charge on any atom is -0.326 e. The first kappa shape index (κ1) is 15.1. The Morgan fingerprint density at radius 2 is 1.76 bits per heavy atom. The summed E-state index contributed by atoms with van der Waals surface area (Å²) in [5.74, 6) is 0.579. The summed E-state index contributed by atoms with van der Waals surface area (Å²) < 4.78 is 0. The molecule has 2 aromatic rings. The molecule has 0 spiro atoms. The van der Waals surface area contributed by atoms with Crippen LogP contribution in [0.3, 0.4) is 0 Å². The first-order valence-electron chi connectivity index (χ1n) is 6.37. The summed E-state index contributed by atoms with van der Waals surface area (Å²) in [6, 6.07) is 15.7. The molecule has 2 rings (SSSR count). The van der Waals surface area contributed by atoms with Crippen LogP contribution < -0.4 is 5.32 Å². The van der Waals surface area contributed by atoms with Crippen molar-refractivity contribution in [3.8, 4) is 0 Å². The number of non-ortho nitro benzene ring substituents is 1. The van der Waals surface area contributed by atoms with Gasteiger partial charge in [0.25, 0.3) is 5.69 Å². The first-order valence-corrected chi connectivity index (χ1v) is 7.36. The standard InChI is InChI=1S/C15H14N2O3S/c18-15(10-11-21-14-4-2-1-3-5-14)16-12-6-8-13(9-7-12)17(19)20/h1-9H,10-11H2,(H,16,18).